The summed E-state index contributed by atoms with van der Waals surface area (Å²) in [4.78, 5) is 4.06. The van der Waals surface area contributed by atoms with Crippen LogP contribution in [0.15, 0.2) is 42.7 Å². The van der Waals surface area contributed by atoms with Gasteiger partial charge in [-0.25, -0.2) is 18.4 Å². The molecule has 0 aliphatic carbocycles. The van der Waals surface area contributed by atoms with Crippen molar-refractivity contribution in [3.8, 4) is 0 Å². The molecule has 3 rings (SSSR count). The van der Waals surface area contributed by atoms with Gasteiger partial charge in [-0.3, -0.25) is 5.32 Å². The Morgan fingerprint density at radius 1 is 1.12 bits per heavy atom. The zero-order valence-corrected chi connectivity index (χ0v) is 15.3. The van der Waals surface area contributed by atoms with Crippen LogP contribution < -0.4 is 10.6 Å². The molecule has 0 saturated carbocycles. The SMILES string of the molecule is Fc1ccc(NC(=S)Nc2ncn(Cc3c(Cl)cccc3Cl)n2)c(F)c1. The van der Waals surface area contributed by atoms with Crippen molar-refractivity contribution >= 4 is 52.2 Å². The molecular formula is C16H11Cl2F2N5S. The summed E-state index contributed by atoms with van der Waals surface area (Å²) in [5.74, 6) is -1.24. The maximum absolute atomic E-state index is 13.6. The maximum atomic E-state index is 13.6. The summed E-state index contributed by atoms with van der Waals surface area (Å²) in [5, 5.41) is 10.6. The maximum Gasteiger partial charge on any atom is 0.248 e. The van der Waals surface area contributed by atoms with Gasteiger partial charge in [0.15, 0.2) is 5.11 Å². The summed E-state index contributed by atoms with van der Waals surface area (Å²) in [6.07, 6.45) is 1.48. The van der Waals surface area contributed by atoms with Crippen molar-refractivity contribution in [3.05, 3.63) is 70.0 Å². The lowest BCUT2D eigenvalue weighted by molar-refractivity contribution is 0.586. The van der Waals surface area contributed by atoms with E-state index in [0.717, 1.165) is 12.1 Å². The Bertz CT molecular complexity index is 943. The van der Waals surface area contributed by atoms with E-state index in [-0.39, 0.29) is 16.7 Å². The molecule has 26 heavy (non-hydrogen) atoms. The second-order valence-electron chi connectivity index (χ2n) is 5.17. The highest BCUT2D eigenvalue weighted by molar-refractivity contribution is 7.80. The van der Waals surface area contributed by atoms with Gasteiger partial charge in [0.05, 0.1) is 12.2 Å². The minimum atomic E-state index is -0.763. The lowest BCUT2D eigenvalue weighted by Gasteiger charge is -2.09. The Morgan fingerprint density at radius 3 is 2.54 bits per heavy atom. The summed E-state index contributed by atoms with van der Waals surface area (Å²) < 4.78 is 28.1. The first-order chi connectivity index (χ1) is 12.4. The fourth-order valence-electron chi connectivity index (χ4n) is 2.12. The van der Waals surface area contributed by atoms with Crippen LogP contribution >= 0.6 is 35.4 Å². The third-order valence-corrected chi connectivity index (χ3v) is 4.24. The molecule has 1 aromatic heterocycles. The molecule has 0 aliphatic heterocycles. The number of rotatable bonds is 4. The molecule has 0 saturated heterocycles. The molecule has 1 heterocycles. The van der Waals surface area contributed by atoms with E-state index in [4.69, 9.17) is 35.4 Å². The minimum Gasteiger partial charge on any atom is -0.330 e. The van der Waals surface area contributed by atoms with Crippen LogP contribution in [0.4, 0.5) is 20.4 Å². The van der Waals surface area contributed by atoms with Gasteiger partial charge in [0.2, 0.25) is 5.95 Å². The first-order valence-corrected chi connectivity index (χ1v) is 8.44. The predicted molar refractivity (Wildman–Crippen MR) is 102 cm³/mol. The third-order valence-electron chi connectivity index (χ3n) is 3.32. The van der Waals surface area contributed by atoms with Gasteiger partial charge in [0, 0.05) is 21.7 Å². The van der Waals surface area contributed by atoms with E-state index in [1.807, 2.05) is 0 Å². The van der Waals surface area contributed by atoms with Crippen molar-refractivity contribution in [1.29, 1.82) is 0 Å². The highest BCUT2D eigenvalue weighted by Crippen LogP contribution is 2.25. The number of anilines is 2. The second kappa shape index (κ2) is 7.94. The molecule has 0 aliphatic rings. The van der Waals surface area contributed by atoms with E-state index in [1.165, 1.54) is 17.1 Å². The van der Waals surface area contributed by atoms with Gasteiger partial charge < -0.3 is 5.32 Å². The lowest BCUT2D eigenvalue weighted by atomic mass is 10.2. The summed E-state index contributed by atoms with van der Waals surface area (Å²) in [6.45, 7) is 0.319. The average Bonchev–Trinajstić information content (AvgIpc) is 3.01. The van der Waals surface area contributed by atoms with Gasteiger partial charge in [-0.15, -0.1) is 5.10 Å². The fraction of sp³-hybridized carbons (Fsp3) is 0.0625. The van der Waals surface area contributed by atoms with Crippen LogP contribution in [0.2, 0.25) is 10.0 Å². The summed E-state index contributed by atoms with van der Waals surface area (Å²) in [5.41, 5.74) is 0.743. The van der Waals surface area contributed by atoms with Crippen molar-refractivity contribution in [2.45, 2.75) is 6.54 Å². The zero-order valence-electron chi connectivity index (χ0n) is 13.0. The van der Waals surface area contributed by atoms with Gasteiger partial charge in [0.1, 0.15) is 18.0 Å². The van der Waals surface area contributed by atoms with Crippen LogP contribution in [0, 0.1) is 11.6 Å². The Balaban J connectivity index is 1.65. The molecule has 3 aromatic rings. The summed E-state index contributed by atoms with van der Waals surface area (Å²) in [6, 6.07) is 8.33. The summed E-state index contributed by atoms with van der Waals surface area (Å²) in [7, 11) is 0. The van der Waals surface area contributed by atoms with Crippen molar-refractivity contribution in [2.24, 2.45) is 0 Å². The molecule has 2 N–H and O–H groups in total. The summed E-state index contributed by atoms with van der Waals surface area (Å²) >= 11 is 17.3. The Labute approximate surface area is 162 Å². The van der Waals surface area contributed by atoms with Crippen molar-refractivity contribution in [3.63, 3.8) is 0 Å². The molecule has 2 aromatic carbocycles. The molecule has 5 nitrogen and oxygen atoms in total. The van der Waals surface area contributed by atoms with Gasteiger partial charge in [0.25, 0.3) is 0 Å². The number of nitrogens with one attached hydrogen (secondary N) is 2. The van der Waals surface area contributed by atoms with Gasteiger partial charge in [-0.05, 0) is 36.5 Å². The van der Waals surface area contributed by atoms with Crippen LogP contribution in [0.25, 0.3) is 0 Å². The number of aromatic nitrogens is 3. The van der Waals surface area contributed by atoms with Crippen LogP contribution in [0.3, 0.4) is 0 Å². The number of hydrogen-bond donors (Lipinski definition) is 2. The second-order valence-corrected chi connectivity index (χ2v) is 6.39. The van der Waals surface area contributed by atoms with Crippen molar-refractivity contribution < 1.29 is 8.78 Å². The van der Waals surface area contributed by atoms with Crippen LogP contribution in [-0.4, -0.2) is 19.9 Å². The Hall–Kier alpha value is -2.29. The van der Waals surface area contributed by atoms with Gasteiger partial charge in [-0.1, -0.05) is 29.3 Å². The topological polar surface area (TPSA) is 54.8 Å². The number of thiocarbonyl (C=S) groups is 1. The molecular weight excluding hydrogens is 403 g/mol. The standard InChI is InChI=1S/C16H11Cl2F2N5S/c17-11-2-1-3-12(18)10(11)7-25-8-21-15(24-25)23-16(26)22-14-5-4-9(19)6-13(14)20/h1-6,8H,7H2,(H2,22,23,24,26). The largest absolute Gasteiger partial charge is 0.330 e. The quantitative estimate of drug-likeness (QED) is 0.606. The molecule has 0 unspecified atom stereocenters. The molecule has 0 spiro atoms. The Morgan fingerprint density at radius 2 is 1.85 bits per heavy atom. The zero-order chi connectivity index (χ0) is 18.7. The molecule has 0 bridgehead atoms. The minimum absolute atomic E-state index is 0.0335. The molecule has 0 radical (unpaired) electrons. The predicted octanol–water partition coefficient (Wildman–Crippen LogP) is 4.72. The average molecular weight is 414 g/mol. The molecule has 0 atom stereocenters. The van der Waals surface area contributed by atoms with Crippen molar-refractivity contribution in [2.75, 3.05) is 10.6 Å². The number of hydrogen-bond acceptors (Lipinski definition) is 3. The van der Waals surface area contributed by atoms with E-state index in [1.54, 1.807) is 18.2 Å². The number of nitrogens with zero attached hydrogens (tertiary/aromatic N) is 3. The van der Waals surface area contributed by atoms with E-state index in [9.17, 15) is 8.78 Å². The first-order valence-electron chi connectivity index (χ1n) is 7.28. The number of benzene rings is 2. The number of halogens is 4. The van der Waals surface area contributed by atoms with Gasteiger partial charge >= 0.3 is 0 Å². The van der Waals surface area contributed by atoms with E-state index in [2.05, 4.69) is 20.7 Å². The van der Waals surface area contributed by atoms with Crippen molar-refractivity contribution in [1.82, 2.24) is 14.8 Å². The molecule has 0 fully saturated rings. The van der Waals surface area contributed by atoms with E-state index < -0.39 is 11.6 Å². The molecule has 10 heteroatoms. The fourth-order valence-corrected chi connectivity index (χ4v) is 2.84. The highest BCUT2D eigenvalue weighted by atomic mass is 35.5. The normalized spacial score (nSPS) is 10.6. The van der Waals surface area contributed by atoms with E-state index >= 15 is 0 Å². The molecule has 0 amide bonds. The van der Waals surface area contributed by atoms with Crippen LogP contribution in [0.1, 0.15) is 5.56 Å². The van der Waals surface area contributed by atoms with Crippen LogP contribution in [0.5, 0.6) is 0 Å². The van der Waals surface area contributed by atoms with Crippen LogP contribution in [-0.2, 0) is 6.54 Å². The van der Waals surface area contributed by atoms with Gasteiger partial charge in [-0.2, -0.15) is 0 Å². The Kier molecular flexibility index (Phi) is 5.65. The molecule has 134 valence electrons. The van der Waals surface area contributed by atoms with E-state index in [0.29, 0.717) is 22.2 Å². The third kappa shape index (κ3) is 4.46. The highest BCUT2D eigenvalue weighted by Gasteiger charge is 2.10. The smallest absolute Gasteiger partial charge is 0.248 e. The lowest BCUT2D eigenvalue weighted by Crippen LogP contribution is -2.20. The monoisotopic (exact) mass is 413 g/mol. The first kappa shape index (κ1) is 18.5.